The summed E-state index contributed by atoms with van der Waals surface area (Å²) in [7, 11) is 3.25. The number of carbonyl (C=O) groups is 1. The van der Waals surface area contributed by atoms with E-state index in [2.05, 4.69) is 0 Å². The quantitative estimate of drug-likeness (QED) is 0.839. The number of thioether (sulfide) groups is 1. The number of methoxy groups -OCH3 is 2. The van der Waals surface area contributed by atoms with Crippen LogP contribution in [0.5, 0.6) is 11.5 Å². The molecule has 1 unspecified atom stereocenters. The minimum Gasteiger partial charge on any atom is -0.496 e. The van der Waals surface area contributed by atoms with Crippen LogP contribution >= 0.6 is 11.8 Å². The highest BCUT2D eigenvalue weighted by Crippen LogP contribution is 2.47. The number of hydrogen-bond donors (Lipinski definition) is 0. The molecule has 2 heterocycles. The molecular formula is C17H19NO4S. The average Bonchev–Trinajstić information content (AvgIpc) is 3.13. The maximum atomic E-state index is 12.4. The number of furan rings is 1. The molecule has 1 fully saturated rings. The standard InChI is InChI=1S/C17H19NO4S/c1-11-7-8-12(22-11)9-18-15(19)10-23-17(18)16-13(20-2)5-4-6-14(16)21-3/h4-8,17H,9-10H2,1-3H3. The normalized spacial score (nSPS) is 17.6. The Morgan fingerprint density at radius 2 is 1.91 bits per heavy atom. The second-order valence-corrected chi connectivity index (χ2v) is 6.34. The largest absolute Gasteiger partial charge is 0.496 e. The van der Waals surface area contributed by atoms with E-state index < -0.39 is 0 Å². The van der Waals surface area contributed by atoms with Gasteiger partial charge in [-0.05, 0) is 31.2 Å². The molecule has 1 amide bonds. The Balaban J connectivity index is 1.96. The zero-order valence-electron chi connectivity index (χ0n) is 13.4. The fourth-order valence-corrected chi connectivity index (χ4v) is 3.96. The molecule has 6 heteroatoms. The van der Waals surface area contributed by atoms with Crippen molar-refractivity contribution >= 4 is 17.7 Å². The van der Waals surface area contributed by atoms with Crippen molar-refractivity contribution in [2.24, 2.45) is 0 Å². The molecule has 1 atom stereocenters. The van der Waals surface area contributed by atoms with Crippen LogP contribution in [0.2, 0.25) is 0 Å². The van der Waals surface area contributed by atoms with Crippen molar-refractivity contribution in [1.29, 1.82) is 0 Å². The first kappa shape index (κ1) is 15.8. The Labute approximate surface area is 139 Å². The van der Waals surface area contributed by atoms with Crippen LogP contribution in [0.25, 0.3) is 0 Å². The van der Waals surface area contributed by atoms with Gasteiger partial charge in [0.05, 0.1) is 32.1 Å². The zero-order chi connectivity index (χ0) is 16.4. The maximum Gasteiger partial charge on any atom is 0.234 e. The molecule has 0 radical (unpaired) electrons. The lowest BCUT2D eigenvalue weighted by atomic mass is 10.1. The molecule has 1 aliphatic heterocycles. The summed E-state index contributed by atoms with van der Waals surface area (Å²) in [6, 6.07) is 9.46. The van der Waals surface area contributed by atoms with Crippen LogP contribution in [-0.2, 0) is 11.3 Å². The third kappa shape index (κ3) is 3.03. The van der Waals surface area contributed by atoms with Gasteiger partial charge in [0.15, 0.2) is 0 Å². The number of benzene rings is 1. The van der Waals surface area contributed by atoms with Crippen LogP contribution in [0.3, 0.4) is 0 Å². The minimum atomic E-state index is -0.154. The predicted molar refractivity (Wildman–Crippen MR) is 88.7 cm³/mol. The van der Waals surface area contributed by atoms with Crippen LogP contribution in [0.1, 0.15) is 22.5 Å². The van der Waals surface area contributed by atoms with Crippen LogP contribution in [0.4, 0.5) is 0 Å². The number of hydrogen-bond acceptors (Lipinski definition) is 5. The summed E-state index contributed by atoms with van der Waals surface area (Å²) < 4.78 is 16.6. The van der Waals surface area contributed by atoms with Gasteiger partial charge < -0.3 is 18.8 Å². The van der Waals surface area contributed by atoms with Gasteiger partial charge in [0, 0.05) is 0 Å². The molecule has 0 bridgehead atoms. The molecule has 1 saturated heterocycles. The van der Waals surface area contributed by atoms with Gasteiger partial charge in [-0.2, -0.15) is 0 Å². The molecule has 2 aromatic rings. The summed E-state index contributed by atoms with van der Waals surface area (Å²) in [5, 5.41) is -0.154. The predicted octanol–water partition coefficient (Wildman–Crippen LogP) is 3.38. The number of nitrogens with zero attached hydrogens (tertiary/aromatic N) is 1. The summed E-state index contributed by atoms with van der Waals surface area (Å²) in [6.07, 6.45) is 0. The fraction of sp³-hybridized carbons (Fsp3) is 0.353. The lowest BCUT2D eigenvalue weighted by Crippen LogP contribution is -2.28. The van der Waals surface area contributed by atoms with E-state index in [9.17, 15) is 4.79 Å². The highest BCUT2D eigenvalue weighted by Gasteiger charge is 2.37. The molecule has 5 nitrogen and oxygen atoms in total. The highest BCUT2D eigenvalue weighted by molar-refractivity contribution is 8.00. The smallest absolute Gasteiger partial charge is 0.234 e. The fourth-order valence-electron chi connectivity index (χ4n) is 2.73. The first-order chi connectivity index (χ1) is 11.1. The van der Waals surface area contributed by atoms with Gasteiger partial charge in [-0.15, -0.1) is 11.8 Å². The summed E-state index contributed by atoms with van der Waals surface area (Å²) in [4.78, 5) is 14.2. The highest BCUT2D eigenvalue weighted by atomic mass is 32.2. The number of carbonyl (C=O) groups excluding carboxylic acids is 1. The van der Waals surface area contributed by atoms with Gasteiger partial charge in [-0.3, -0.25) is 4.79 Å². The minimum absolute atomic E-state index is 0.0852. The summed E-state index contributed by atoms with van der Waals surface area (Å²) in [5.41, 5.74) is 0.886. The molecule has 0 N–H and O–H groups in total. The van der Waals surface area contributed by atoms with Gasteiger partial charge in [-0.25, -0.2) is 0 Å². The van der Waals surface area contributed by atoms with E-state index in [0.29, 0.717) is 12.3 Å². The topological polar surface area (TPSA) is 51.9 Å². The van der Waals surface area contributed by atoms with E-state index in [1.165, 1.54) is 0 Å². The van der Waals surface area contributed by atoms with Gasteiger partial charge in [0.2, 0.25) is 5.91 Å². The first-order valence-corrected chi connectivity index (χ1v) is 8.36. The van der Waals surface area contributed by atoms with Gasteiger partial charge in [0.1, 0.15) is 28.4 Å². The van der Waals surface area contributed by atoms with E-state index >= 15 is 0 Å². The van der Waals surface area contributed by atoms with Crippen molar-refractivity contribution in [3.8, 4) is 11.5 Å². The van der Waals surface area contributed by atoms with Crippen molar-refractivity contribution in [3.05, 3.63) is 47.4 Å². The first-order valence-electron chi connectivity index (χ1n) is 7.31. The lowest BCUT2D eigenvalue weighted by molar-refractivity contribution is -0.128. The third-order valence-corrected chi connectivity index (χ3v) is 5.02. The number of aryl methyl sites for hydroxylation is 1. The molecule has 1 aromatic carbocycles. The van der Waals surface area contributed by atoms with Crippen LogP contribution < -0.4 is 9.47 Å². The molecule has 0 saturated carbocycles. The number of ether oxygens (including phenoxy) is 2. The van der Waals surface area contributed by atoms with Crippen LogP contribution in [-0.4, -0.2) is 30.8 Å². The molecule has 23 heavy (non-hydrogen) atoms. The van der Waals surface area contributed by atoms with E-state index in [-0.39, 0.29) is 11.3 Å². The van der Waals surface area contributed by atoms with Crippen LogP contribution in [0.15, 0.2) is 34.7 Å². The molecule has 1 aromatic heterocycles. The Morgan fingerprint density at radius 3 is 2.48 bits per heavy atom. The van der Waals surface area contributed by atoms with Crippen molar-refractivity contribution in [2.75, 3.05) is 20.0 Å². The molecule has 0 aliphatic carbocycles. The summed E-state index contributed by atoms with van der Waals surface area (Å²) >= 11 is 1.57. The van der Waals surface area contributed by atoms with Crippen molar-refractivity contribution < 1.29 is 18.7 Å². The molecular weight excluding hydrogens is 314 g/mol. The Bertz CT molecular complexity index is 690. The van der Waals surface area contributed by atoms with Crippen molar-refractivity contribution in [2.45, 2.75) is 18.8 Å². The third-order valence-electron chi connectivity index (χ3n) is 3.80. The van der Waals surface area contributed by atoms with E-state index in [1.807, 2.05) is 42.2 Å². The molecule has 1 aliphatic rings. The second-order valence-electron chi connectivity index (χ2n) is 5.27. The monoisotopic (exact) mass is 333 g/mol. The van der Waals surface area contributed by atoms with E-state index in [4.69, 9.17) is 13.9 Å². The van der Waals surface area contributed by atoms with Gasteiger partial charge in [-0.1, -0.05) is 6.07 Å². The molecule has 3 rings (SSSR count). The molecule has 0 spiro atoms. The molecule has 122 valence electrons. The second kappa shape index (κ2) is 6.58. The van der Waals surface area contributed by atoms with Crippen molar-refractivity contribution in [3.63, 3.8) is 0 Å². The summed E-state index contributed by atoms with van der Waals surface area (Å²) in [6.45, 7) is 2.33. The zero-order valence-corrected chi connectivity index (χ0v) is 14.2. The summed E-state index contributed by atoms with van der Waals surface area (Å²) in [5.74, 6) is 3.57. The van der Waals surface area contributed by atoms with Gasteiger partial charge in [0.25, 0.3) is 0 Å². The number of amides is 1. The maximum absolute atomic E-state index is 12.4. The van der Waals surface area contributed by atoms with Crippen LogP contribution in [0, 0.1) is 6.92 Å². The number of rotatable bonds is 5. The Kier molecular flexibility index (Phi) is 4.52. The Morgan fingerprint density at radius 1 is 1.22 bits per heavy atom. The lowest BCUT2D eigenvalue weighted by Gasteiger charge is -2.26. The van der Waals surface area contributed by atoms with E-state index in [0.717, 1.165) is 28.6 Å². The van der Waals surface area contributed by atoms with E-state index in [1.54, 1.807) is 26.0 Å². The van der Waals surface area contributed by atoms with Crippen molar-refractivity contribution in [1.82, 2.24) is 4.90 Å². The Hall–Kier alpha value is -2.08. The van der Waals surface area contributed by atoms with Gasteiger partial charge >= 0.3 is 0 Å². The SMILES string of the molecule is COc1cccc(OC)c1C1SCC(=O)N1Cc1ccc(C)o1. The average molecular weight is 333 g/mol.